The van der Waals surface area contributed by atoms with Gasteiger partial charge >= 0.3 is 11.8 Å². The molecular formula is C20H22FN3O2. The maximum absolute atomic E-state index is 13.2. The number of piperidine rings is 1. The van der Waals surface area contributed by atoms with Gasteiger partial charge in [0.2, 0.25) is 0 Å². The molecule has 3 rings (SSSR count). The Hall–Kier alpha value is -2.76. The van der Waals surface area contributed by atoms with Crippen molar-refractivity contribution in [3.8, 4) is 0 Å². The molecule has 26 heavy (non-hydrogen) atoms. The molecule has 2 atom stereocenters. The van der Waals surface area contributed by atoms with Crippen molar-refractivity contribution in [2.45, 2.75) is 32.7 Å². The Balaban J connectivity index is 1.79. The van der Waals surface area contributed by atoms with Crippen molar-refractivity contribution >= 4 is 17.5 Å². The number of nitrogens with zero attached hydrogens (tertiary/aromatic N) is 2. The molecule has 2 heterocycles. The zero-order chi connectivity index (χ0) is 18.7. The molecule has 0 saturated carbocycles. The van der Waals surface area contributed by atoms with Crippen LogP contribution in [-0.2, 0) is 9.59 Å². The fourth-order valence-electron chi connectivity index (χ4n) is 3.35. The molecular weight excluding hydrogens is 333 g/mol. The van der Waals surface area contributed by atoms with E-state index in [2.05, 4.69) is 17.2 Å². The Morgan fingerprint density at radius 1 is 1.19 bits per heavy atom. The van der Waals surface area contributed by atoms with E-state index in [1.54, 1.807) is 29.3 Å². The monoisotopic (exact) mass is 355 g/mol. The SMILES string of the molecule is Cc1cncc(NC(=O)C(=O)N2C[C@@H](C)CC[C@@H]2c2ccc(F)cc2)c1. The number of carbonyl (C=O) groups excluding carboxylic acids is 2. The number of hydrogen-bond acceptors (Lipinski definition) is 3. The number of aromatic nitrogens is 1. The summed E-state index contributed by atoms with van der Waals surface area (Å²) < 4.78 is 13.2. The predicted molar refractivity (Wildman–Crippen MR) is 96.9 cm³/mol. The number of benzene rings is 1. The predicted octanol–water partition coefficient (Wildman–Crippen LogP) is 3.47. The molecule has 6 heteroatoms. The van der Waals surface area contributed by atoms with Gasteiger partial charge in [0.15, 0.2) is 0 Å². The van der Waals surface area contributed by atoms with Gasteiger partial charge in [-0.15, -0.1) is 0 Å². The molecule has 0 radical (unpaired) electrons. The second-order valence-electron chi connectivity index (χ2n) is 6.91. The van der Waals surface area contributed by atoms with Crippen LogP contribution in [0.25, 0.3) is 0 Å². The zero-order valence-electron chi connectivity index (χ0n) is 14.9. The van der Waals surface area contributed by atoms with Crippen LogP contribution in [0, 0.1) is 18.7 Å². The van der Waals surface area contributed by atoms with Gasteiger partial charge in [-0.05, 0) is 55.0 Å². The molecule has 1 aromatic carbocycles. The number of amides is 2. The van der Waals surface area contributed by atoms with E-state index in [-0.39, 0.29) is 11.9 Å². The summed E-state index contributed by atoms with van der Waals surface area (Å²) in [7, 11) is 0. The zero-order valence-corrected chi connectivity index (χ0v) is 14.9. The maximum Gasteiger partial charge on any atom is 0.313 e. The first-order valence-electron chi connectivity index (χ1n) is 8.73. The number of likely N-dealkylation sites (tertiary alicyclic amines) is 1. The molecule has 0 unspecified atom stereocenters. The van der Waals surface area contributed by atoms with Crippen molar-refractivity contribution in [2.75, 3.05) is 11.9 Å². The van der Waals surface area contributed by atoms with Crippen LogP contribution in [-0.4, -0.2) is 28.2 Å². The average Bonchev–Trinajstić information content (AvgIpc) is 2.62. The minimum absolute atomic E-state index is 0.222. The minimum atomic E-state index is -0.682. The standard InChI is InChI=1S/C20H22FN3O2/c1-13-3-8-18(15-4-6-16(21)7-5-15)24(12-13)20(26)19(25)23-17-9-14(2)10-22-11-17/h4-7,9-11,13,18H,3,8,12H2,1-2H3,(H,23,25)/t13-,18+/m0/s1. The van der Waals surface area contributed by atoms with Crippen LogP contribution >= 0.6 is 0 Å². The molecule has 1 aromatic heterocycles. The van der Waals surface area contributed by atoms with Crippen LogP contribution in [0.1, 0.15) is 36.9 Å². The lowest BCUT2D eigenvalue weighted by Crippen LogP contribution is -2.46. The van der Waals surface area contributed by atoms with Gasteiger partial charge in [-0.25, -0.2) is 4.39 Å². The first-order chi connectivity index (χ1) is 12.4. The fourth-order valence-corrected chi connectivity index (χ4v) is 3.35. The molecule has 1 N–H and O–H groups in total. The highest BCUT2D eigenvalue weighted by Crippen LogP contribution is 2.33. The molecule has 1 fully saturated rings. The molecule has 5 nitrogen and oxygen atoms in total. The van der Waals surface area contributed by atoms with E-state index in [4.69, 9.17) is 0 Å². The van der Waals surface area contributed by atoms with Crippen LogP contribution in [0.4, 0.5) is 10.1 Å². The topological polar surface area (TPSA) is 62.3 Å². The molecule has 1 aliphatic heterocycles. The highest BCUT2D eigenvalue weighted by atomic mass is 19.1. The van der Waals surface area contributed by atoms with Crippen molar-refractivity contribution in [3.63, 3.8) is 0 Å². The number of hydrogen-bond donors (Lipinski definition) is 1. The molecule has 2 amide bonds. The van der Waals surface area contributed by atoms with Gasteiger partial charge in [-0.3, -0.25) is 14.6 Å². The first-order valence-corrected chi connectivity index (χ1v) is 8.73. The summed E-state index contributed by atoms with van der Waals surface area (Å²) >= 11 is 0. The average molecular weight is 355 g/mol. The van der Waals surface area contributed by atoms with Gasteiger partial charge in [-0.2, -0.15) is 0 Å². The largest absolute Gasteiger partial charge is 0.327 e. The second-order valence-corrected chi connectivity index (χ2v) is 6.91. The van der Waals surface area contributed by atoms with Crippen molar-refractivity contribution in [2.24, 2.45) is 5.92 Å². The molecule has 1 saturated heterocycles. The van der Waals surface area contributed by atoms with Gasteiger partial charge in [0.1, 0.15) is 5.82 Å². The highest BCUT2D eigenvalue weighted by molar-refractivity contribution is 6.39. The van der Waals surface area contributed by atoms with Crippen molar-refractivity contribution in [1.82, 2.24) is 9.88 Å². The van der Waals surface area contributed by atoms with E-state index in [9.17, 15) is 14.0 Å². The summed E-state index contributed by atoms with van der Waals surface area (Å²) in [4.78, 5) is 30.9. The summed E-state index contributed by atoms with van der Waals surface area (Å²) in [5, 5.41) is 2.62. The lowest BCUT2D eigenvalue weighted by atomic mass is 9.90. The summed E-state index contributed by atoms with van der Waals surface area (Å²) in [5.74, 6) is -1.27. The number of pyridine rings is 1. The van der Waals surface area contributed by atoms with Crippen LogP contribution in [0.3, 0.4) is 0 Å². The number of nitrogens with one attached hydrogen (secondary N) is 1. The Morgan fingerprint density at radius 3 is 2.62 bits per heavy atom. The third kappa shape index (κ3) is 4.07. The lowest BCUT2D eigenvalue weighted by molar-refractivity contribution is -0.146. The number of aryl methyl sites for hydroxylation is 1. The summed E-state index contributed by atoms with van der Waals surface area (Å²) in [5.41, 5.74) is 2.23. The van der Waals surface area contributed by atoms with E-state index in [1.807, 2.05) is 6.92 Å². The Morgan fingerprint density at radius 2 is 1.92 bits per heavy atom. The van der Waals surface area contributed by atoms with Gasteiger partial charge in [-0.1, -0.05) is 19.1 Å². The molecule has 0 spiro atoms. The first kappa shape index (κ1) is 18.0. The summed E-state index contributed by atoms with van der Waals surface area (Å²) in [6.07, 6.45) is 4.88. The van der Waals surface area contributed by atoms with Gasteiger partial charge in [0.05, 0.1) is 17.9 Å². The lowest BCUT2D eigenvalue weighted by Gasteiger charge is -2.38. The van der Waals surface area contributed by atoms with E-state index in [0.29, 0.717) is 18.2 Å². The van der Waals surface area contributed by atoms with Crippen LogP contribution in [0.5, 0.6) is 0 Å². The molecule has 1 aliphatic rings. The van der Waals surface area contributed by atoms with Crippen molar-refractivity contribution in [1.29, 1.82) is 0 Å². The third-order valence-electron chi connectivity index (χ3n) is 4.66. The van der Waals surface area contributed by atoms with Gasteiger partial charge in [0, 0.05) is 12.7 Å². The van der Waals surface area contributed by atoms with Crippen molar-refractivity contribution < 1.29 is 14.0 Å². The number of anilines is 1. The van der Waals surface area contributed by atoms with E-state index in [1.165, 1.54) is 18.3 Å². The molecule has 0 aliphatic carbocycles. The fraction of sp³-hybridized carbons (Fsp3) is 0.350. The van der Waals surface area contributed by atoms with Crippen LogP contribution in [0.15, 0.2) is 42.7 Å². The van der Waals surface area contributed by atoms with Gasteiger partial charge in [0.25, 0.3) is 0 Å². The van der Waals surface area contributed by atoms with Crippen molar-refractivity contribution in [3.05, 3.63) is 59.7 Å². The third-order valence-corrected chi connectivity index (χ3v) is 4.66. The summed E-state index contributed by atoms with van der Waals surface area (Å²) in [6, 6.07) is 7.66. The molecule has 136 valence electrons. The molecule has 0 bridgehead atoms. The highest BCUT2D eigenvalue weighted by Gasteiger charge is 2.34. The van der Waals surface area contributed by atoms with E-state index < -0.39 is 11.8 Å². The summed E-state index contributed by atoms with van der Waals surface area (Å²) in [6.45, 7) is 4.42. The number of carbonyl (C=O) groups is 2. The van der Waals surface area contributed by atoms with E-state index in [0.717, 1.165) is 24.0 Å². The van der Waals surface area contributed by atoms with E-state index >= 15 is 0 Å². The number of halogens is 1. The minimum Gasteiger partial charge on any atom is -0.327 e. The molecule has 2 aromatic rings. The Labute approximate surface area is 152 Å². The van der Waals surface area contributed by atoms with Gasteiger partial charge < -0.3 is 10.2 Å². The van der Waals surface area contributed by atoms with Crippen LogP contribution < -0.4 is 5.32 Å². The smallest absolute Gasteiger partial charge is 0.313 e. The normalized spacial score (nSPS) is 19.9. The quantitative estimate of drug-likeness (QED) is 0.839. The second kappa shape index (κ2) is 7.64. The Bertz CT molecular complexity index is 807. The Kier molecular flexibility index (Phi) is 5.30. The number of rotatable bonds is 2. The maximum atomic E-state index is 13.2. The van der Waals surface area contributed by atoms with Crippen LogP contribution in [0.2, 0.25) is 0 Å².